The number of unbranched alkanes of at least 4 members (excludes halogenated alkanes) is 2. The first kappa shape index (κ1) is 32.9. The average molecular weight is 575 g/mol. The van der Waals surface area contributed by atoms with E-state index in [1.54, 1.807) is 6.92 Å². The lowest BCUT2D eigenvalue weighted by molar-refractivity contribution is -0.139. The van der Waals surface area contributed by atoms with Crippen LogP contribution in [0.25, 0.3) is 22.3 Å². The van der Waals surface area contributed by atoms with Crippen molar-refractivity contribution in [3.05, 3.63) is 83.9 Å². The first-order valence-corrected chi connectivity index (χ1v) is 15.1. The molecule has 0 aliphatic rings. The Hall–Kier alpha value is -3.61. The van der Waals surface area contributed by atoms with Crippen molar-refractivity contribution in [2.24, 2.45) is 0 Å². The van der Waals surface area contributed by atoms with E-state index in [1.807, 2.05) is 19.1 Å². The topological polar surface area (TPSA) is 74.2 Å². The summed E-state index contributed by atoms with van der Waals surface area (Å²) in [5.41, 5.74) is 7.07. The van der Waals surface area contributed by atoms with Crippen LogP contribution in [0.3, 0.4) is 0 Å². The van der Waals surface area contributed by atoms with Crippen molar-refractivity contribution in [3.63, 3.8) is 0 Å². The van der Waals surface area contributed by atoms with Gasteiger partial charge in [-0.05, 0) is 85.5 Å². The standard InChI is InChI=1S/C36H46O6/c1-5-7-8-10-28-12-14-29(15-13-28)30-16-18-33(35(26-30)40-6-2)31-17-19-34(41-24-23-39-22-20-37)32(25-31)11-9-21-42-36(38)27(3)4/h12-19,25-26,37H,3,5-11,20-24H2,1-2,4H3. The number of aliphatic hydroxyl groups is 1. The van der Waals surface area contributed by atoms with Crippen molar-refractivity contribution in [2.75, 3.05) is 39.6 Å². The normalized spacial score (nSPS) is 10.9. The maximum Gasteiger partial charge on any atom is 0.333 e. The summed E-state index contributed by atoms with van der Waals surface area (Å²) < 4.78 is 22.8. The second kappa shape index (κ2) is 18.0. The fourth-order valence-electron chi connectivity index (χ4n) is 4.67. The van der Waals surface area contributed by atoms with Crippen molar-refractivity contribution in [2.45, 2.75) is 59.3 Å². The maximum atomic E-state index is 11.8. The molecule has 0 unspecified atom stereocenters. The van der Waals surface area contributed by atoms with E-state index < -0.39 is 0 Å². The molecule has 3 aromatic rings. The predicted molar refractivity (Wildman–Crippen MR) is 169 cm³/mol. The number of ether oxygens (including phenoxy) is 4. The Morgan fingerprint density at radius 2 is 1.52 bits per heavy atom. The maximum absolute atomic E-state index is 11.8. The number of benzene rings is 3. The molecule has 6 nitrogen and oxygen atoms in total. The average Bonchev–Trinajstić information content (AvgIpc) is 3.00. The molecule has 0 aliphatic carbocycles. The molecule has 0 radical (unpaired) electrons. The molecule has 0 saturated heterocycles. The first-order chi connectivity index (χ1) is 20.5. The minimum Gasteiger partial charge on any atom is -0.493 e. The number of carbonyl (C=O) groups excluding carboxylic acids is 1. The van der Waals surface area contributed by atoms with Gasteiger partial charge in [0.25, 0.3) is 0 Å². The van der Waals surface area contributed by atoms with Crippen LogP contribution < -0.4 is 9.47 Å². The van der Waals surface area contributed by atoms with Crippen LogP contribution in [0.4, 0.5) is 0 Å². The highest BCUT2D eigenvalue weighted by Gasteiger charge is 2.13. The van der Waals surface area contributed by atoms with Gasteiger partial charge in [-0.25, -0.2) is 4.79 Å². The molecule has 0 saturated carbocycles. The summed E-state index contributed by atoms with van der Waals surface area (Å²) in [5.74, 6) is 1.20. The lowest BCUT2D eigenvalue weighted by Crippen LogP contribution is -2.10. The summed E-state index contributed by atoms with van der Waals surface area (Å²) in [6.45, 7) is 11.4. The van der Waals surface area contributed by atoms with Gasteiger partial charge in [-0.1, -0.05) is 68.8 Å². The van der Waals surface area contributed by atoms with Crippen LogP contribution in [0.2, 0.25) is 0 Å². The molecule has 226 valence electrons. The van der Waals surface area contributed by atoms with E-state index in [0.717, 1.165) is 40.2 Å². The Balaban J connectivity index is 1.82. The first-order valence-electron chi connectivity index (χ1n) is 15.1. The van der Waals surface area contributed by atoms with Crippen molar-refractivity contribution >= 4 is 5.97 Å². The van der Waals surface area contributed by atoms with E-state index in [1.165, 1.54) is 30.4 Å². The number of carbonyl (C=O) groups is 1. The molecule has 3 aromatic carbocycles. The highest BCUT2D eigenvalue weighted by molar-refractivity contribution is 5.86. The molecule has 3 rings (SSSR count). The van der Waals surface area contributed by atoms with Gasteiger partial charge >= 0.3 is 5.97 Å². The van der Waals surface area contributed by atoms with Crippen LogP contribution in [0, 0.1) is 0 Å². The molecule has 0 amide bonds. The Morgan fingerprint density at radius 1 is 0.762 bits per heavy atom. The van der Waals surface area contributed by atoms with Crippen molar-refractivity contribution in [3.8, 4) is 33.8 Å². The molecular formula is C36H46O6. The molecule has 1 N–H and O–H groups in total. The van der Waals surface area contributed by atoms with Crippen LogP contribution in [-0.4, -0.2) is 50.7 Å². The Morgan fingerprint density at radius 3 is 2.24 bits per heavy atom. The number of rotatable bonds is 19. The van der Waals surface area contributed by atoms with Crippen molar-refractivity contribution in [1.82, 2.24) is 0 Å². The molecule has 0 atom stereocenters. The van der Waals surface area contributed by atoms with Gasteiger partial charge in [0.2, 0.25) is 0 Å². The second-order valence-electron chi connectivity index (χ2n) is 10.3. The van der Waals surface area contributed by atoms with E-state index >= 15 is 0 Å². The number of aliphatic hydroxyl groups excluding tert-OH is 1. The summed E-state index contributed by atoms with van der Waals surface area (Å²) >= 11 is 0. The molecule has 0 aliphatic heterocycles. The smallest absolute Gasteiger partial charge is 0.333 e. The fraction of sp³-hybridized carbons (Fsp3) is 0.417. The molecule has 0 spiro atoms. The predicted octanol–water partition coefficient (Wildman–Crippen LogP) is 7.59. The number of aryl methyl sites for hydroxylation is 2. The van der Waals surface area contributed by atoms with E-state index in [2.05, 4.69) is 62.0 Å². The van der Waals surface area contributed by atoms with Crippen molar-refractivity contribution < 1.29 is 28.8 Å². The van der Waals surface area contributed by atoms with E-state index in [4.69, 9.17) is 24.1 Å². The summed E-state index contributed by atoms with van der Waals surface area (Å²) in [6, 6.07) is 21.4. The zero-order valence-electron chi connectivity index (χ0n) is 25.5. The molecule has 6 heteroatoms. The van der Waals surface area contributed by atoms with E-state index in [9.17, 15) is 4.79 Å². The molecular weight excluding hydrogens is 528 g/mol. The lowest BCUT2D eigenvalue weighted by atomic mass is 9.96. The monoisotopic (exact) mass is 574 g/mol. The van der Waals surface area contributed by atoms with Crippen LogP contribution in [-0.2, 0) is 27.1 Å². The quantitative estimate of drug-likeness (QED) is 0.0903. The van der Waals surface area contributed by atoms with Gasteiger partial charge in [0, 0.05) is 11.1 Å². The Bertz CT molecular complexity index is 1260. The second-order valence-corrected chi connectivity index (χ2v) is 10.3. The van der Waals surface area contributed by atoms with Gasteiger partial charge in [-0.3, -0.25) is 0 Å². The summed E-state index contributed by atoms with van der Waals surface area (Å²) in [4.78, 5) is 11.8. The molecule has 0 aromatic heterocycles. The van der Waals surface area contributed by atoms with Crippen LogP contribution >= 0.6 is 0 Å². The van der Waals surface area contributed by atoms with Crippen LogP contribution in [0.15, 0.2) is 72.8 Å². The summed E-state index contributed by atoms with van der Waals surface area (Å²) in [6.07, 6.45) is 6.14. The highest BCUT2D eigenvalue weighted by Crippen LogP contribution is 2.37. The minimum absolute atomic E-state index is 0.0197. The van der Waals surface area contributed by atoms with Gasteiger partial charge in [0.05, 0.1) is 33.0 Å². The van der Waals surface area contributed by atoms with E-state index in [-0.39, 0.29) is 19.2 Å². The van der Waals surface area contributed by atoms with E-state index in [0.29, 0.717) is 44.8 Å². The van der Waals surface area contributed by atoms with Gasteiger partial charge in [-0.2, -0.15) is 0 Å². The summed E-state index contributed by atoms with van der Waals surface area (Å²) in [5, 5.41) is 8.93. The van der Waals surface area contributed by atoms with Gasteiger partial charge < -0.3 is 24.1 Å². The van der Waals surface area contributed by atoms with Crippen LogP contribution in [0.5, 0.6) is 11.5 Å². The Labute approximate surface area is 251 Å². The summed E-state index contributed by atoms with van der Waals surface area (Å²) in [7, 11) is 0. The number of hydrogen-bond acceptors (Lipinski definition) is 6. The third kappa shape index (κ3) is 10.3. The zero-order valence-corrected chi connectivity index (χ0v) is 25.5. The zero-order chi connectivity index (χ0) is 30.2. The molecule has 0 bridgehead atoms. The van der Waals surface area contributed by atoms with Gasteiger partial charge in [-0.15, -0.1) is 0 Å². The third-order valence-corrected chi connectivity index (χ3v) is 6.90. The largest absolute Gasteiger partial charge is 0.493 e. The SMILES string of the molecule is C=C(C)C(=O)OCCCc1cc(-c2ccc(-c3ccc(CCCCC)cc3)cc2OCC)ccc1OCCOCCO. The third-order valence-electron chi connectivity index (χ3n) is 6.90. The Kier molecular flexibility index (Phi) is 14.1. The minimum atomic E-state index is -0.381. The van der Waals surface area contributed by atoms with Gasteiger partial charge in [0.1, 0.15) is 18.1 Å². The number of esters is 1. The molecule has 0 fully saturated rings. The highest BCUT2D eigenvalue weighted by atomic mass is 16.5. The fourth-order valence-corrected chi connectivity index (χ4v) is 4.67. The van der Waals surface area contributed by atoms with Crippen molar-refractivity contribution in [1.29, 1.82) is 0 Å². The number of hydrogen-bond donors (Lipinski definition) is 1. The lowest BCUT2D eigenvalue weighted by Gasteiger charge is -2.16. The van der Waals surface area contributed by atoms with Crippen LogP contribution in [0.1, 0.15) is 57.6 Å². The van der Waals surface area contributed by atoms with Gasteiger partial charge in [0.15, 0.2) is 0 Å². The molecule has 42 heavy (non-hydrogen) atoms. The molecule has 0 heterocycles.